The molecule has 0 spiro atoms. The highest BCUT2D eigenvalue weighted by molar-refractivity contribution is 6.42. The minimum absolute atomic E-state index is 0.235. The van der Waals surface area contributed by atoms with Crippen molar-refractivity contribution in [3.8, 4) is 0 Å². The fourth-order valence-electron chi connectivity index (χ4n) is 2.22. The van der Waals surface area contributed by atoms with Gasteiger partial charge in [0.2, 0.25) is 0 Å². The second-order valence-corrected chi connectivity index (χ2v) is 4.94. The third-order valence-corrected chi connectivity index (χ3v) is 3.94. The Morgan fingerprint density at radius 3 is 2.71 bits per heavy atom. The molecule has 1 N–H and O–H groups in total. The molecule has 1 aliphatic rings. The zero-order valence-electron chi connectivity index (χ0n) is 9.43. The van der Waals surface area contributed by atoms with E-state index in [1.165, 1.54) is 7.11 Å². The molecule has 2 rings (SSSR count). The fourth-order valence-corrected chi connectivity index (χ4v) is 2.52. The van der Waals surface area contributed by atoms with E-state index < -0.39 is 5.41 Å². The molecule has 0 bridgehead atoms. The van der Waals surface area contributed by atoms with Crippen LogP contribution in [0.25, 0.3) is 0 Å². The van der Waals surface area contributed by atoms with E-state index in [0.29, 0.717) is 23.0 Å². The molecule has 0 saturated carbocycles. The molecule has 0 radical (unpaired) electrons. The summed E-state index contributed by atoms with van der Waals surface area (Å²) in [7, 11) is 1.40. The molecule has 1 atom stereocenters. The molecule has 1 unspecified atom stereocenters. The summed E-state index contributed by atoms with van der Waals surface area (Å²) in [5, 5.41) is 4.13. The highest BCUT2D eigenvalue weighted by atomic mass is 35.5. The van der Waals surface area contributed by atoms with E-state index in [1.807, 2.05) is 6.07 Å². The van der Waals surface area contributed by atoms with Gasteiger partial charge in [-0.05, 0) is 30.7 Å². The van der Waals surface area contributed by atoms with Crippen molar-refractivity contribution < 1.29 is 9.53 Å². The molecular weight excluding hydrogens is 261 g/mol. The topological polar surface area (TPSA) is 38.3 Å². The maximum Gasteiger partial charge on any atom is 0.317 e. The molecule has 17 heavy (non-hydrogen) atoms. The largest absolute Gasteiger partial charge is 0.468 e. The monoisotopic (exact) mass is 273 g/mol. The van der Waals surface area contributed by atoms with Crippen molar-refractivity contribution in [3.05, 3.63) is 33.8 Å². The summed E-state index contributed by atoms with van der Waals surface area (Å²) in [6.07, 6.45) is 0.706. The van der Waals surface area contributed by atoms with Gasteiger partial charge in [0.1, 0.15) is 5.41 Å². The molecule has 3 nitrogen and oxygen atoms in total. The first kappa shape index (κ1) is 12.7. The molecule has 0 amide bonds. The molecule has 0 aromatic heterocycles. The Hall–Kier alpha value is -0.770. The average Bonchev–Trinajstić information content (AvgIpc) is 2.82. The SMILES string of the molecule is COC(=O)C1(c2ccc(Cl)c(Cl)c2)CCNC1. The molecule has 5 heteroatoms. The summed E-state index contributed by atoms with van der Waals surface area (Å²) in [4.78, 5) is 12.0. The molecule has 1 fully saturated rings. The Morgan fingerprint density at radius 1 is 1.41 bits per heavy atom. The van der Waals surface area contributed by atoms with Crippen molar-refractivity contribution >= 4 is 29.2 Å². The lowest BCUT2D eigenvalue weighted by atomic mass is 9.80. The summed E-state index contributed by atoms with van der Waals surface area (Å²) < 4.78 is 4.91. The van der Waals surface area contributed by atoms with Crippen LogP contribution >= 0.6 is 23.2 Å². The lowest BCUT2D eigenvalue weighted by Gasteiger charge is -2.25. The van der Waals surface area contributed by atoms with Gasteiger partial charge in [0.15, 0.2) is 0 Å². The minimum Gasteiger partial charge on any atom is -0.468 e. The molecule has 1 heterocycles. The number of benzene rings is 1. The van der Waals surface area contributed by atoms with E-state index in [1.54, 1.807) is 12.1 Å². The standard InChI is InChI=1S/C12H13Cl2NO2/c1-17-11(16)12(4-5-15-7-12)8-2-3-9(13)10(14)6-8/h2-3,6,15H,4-5,7H2,1H3. The number of nitrogens with one attached hydrogen (secondary N) is 1. The summed E-state index contributed by atoms with van der Waals surface area (Å²) in [6.45, 7) is 1.35. The smallest absolute Gasteiger partial charge is 0.317 e. The second-order valence-electron chi connectivity index (χ2n) is 4.13. The van der Waals surface area contributed by atoms with Gasteiger partial charge in [-0.1, -0.05) is 29.3 Å². The van der Waals surface area contributed by atoms with Crippen molar-refractivity contribution in [1.82, 2.24) is 5.32 Å². The molecule has 1 saturated heterocycles. The Bertz CT molecular complexity index is 442. The van der Waals surface area contributed by atoms with Gasteiger partial charge < -0.3 is 10.1 Å². The Labute approximate surface area is 110 Å². The molecule has 1 aromatic carbocycles. The highest BCUT2D eigenvalue weighted by Crippen LogP contribution is 2.35. The van der Waals surface area contributed by atoms with E-state index in [9.17, 15) is 4.79 Å². The Morgan fingerprint density at radius 2 is 2.18 bits per heavy atom. The van der Waals surface area contributed by atoms with Crippen LogP contribution in [0.15, 0.2) is 18.2 Å². The lowest BCUT2D eigenvalue weighted by molar-refractivity contribution is -0.146. The summed E-state index contributed by atoms with van der Waals surface area (Å²) in [5.41, 5.74) is 0.215. The first-order chi connectivity index (χ1) is 8.10. The number of halogens is 2. The second kappa shape index (κ2) is 4.84. The predicted molar refractivity (Wildman–Crippen MR) is 67.6 cm³/mol. The van der Waals surface area contributed by atoms with Crippen LogP contribution in [-0.2, 0) is 14.9 Å². The number of methoxy groups -OCH3 is 1. The van der Waals surface area contributed by atoms with Gasteiger partial charge >= 0.3 is 5.97 Å². The first-order valence-electron chi connectivity index (χ1n) is 5.35. The van der Waals surface area contributed by atoms with Crippen LogP contribution in [0.5, 0.6) is 0 Å². The highest BCUT2D eigenvalue weighted by Gasteiger charge is 2.44. The van der Waals surface area contributed by atoms with Crippen LogP contribution in [0, 0.1) is 0 Å². The fraction of sp³-hybridized carbons (Fsp3) is 0.417. The van der Waals surface area contributed by atoms with Crippen molar-refractivity contribution in [1.29, 1.82) is 0 Å². The van der Waals surface area contributed by atoms with Crippen molar-refractivity contribution in [2.24, 2.45) is 0 Å². The maximum absolute atomic E-state index is 12.0. The number of hydrogen-bond acceptors (Lipinski definition) is 3. The van der Waals surface area contributed by atoms with Gasteiger partial charge in [0.25, 0.3) is 0 Å². The number of esters is 1. The third-order valence-electron chi connectivity index (χ3n) is 3.20. The Kier molecular flexibility index (Phi) is 3.61. The van der Waals surface area contributed by atoms with E-state index in [4.69, 9.17) is 27.9 Å². The van der Waals surface area contributed by atoms with Crippen LogP contribution < -0.4 is 5.32 Å². The van der Waals surface area contributed by atoms with Crippen LogP contribution in [0.2, 0.25) is 10.0 Å². The molecule has 1 aliphatic heterocycles. The molecule has 1 aromatic rings. The number of ether oxygens (including phenoxy) is 1. The van der Waals surface area contributed by atoms with Crippen molar-refractivity contribution in [2.45, 2.75) is 11.8 Å². The van der Waals surface area contributed by atoms with Gasteiger partial charge in [-0.3, -0.25) is 4.79 Å². The normalized spacial score (nSPS) is 23.7. The lowest BCUT2D eigenvalue weighted by Crippen LogP contribution is -2.39. The van der Waals surface area contributed by atoms with Crippen LogP contribution in [0.4, 0.5) is 0 Å². The number of carbonyl (C=O) groups excluding carboxylic acids is 1. The maximum atomic E-state index is 12.0. The first-order valence-corrected chi connectivity index (χ1v) is 6.10. The van der Waals surface area contributed by atoms with Gasteiger partial charge in [-0.2, -0.15) is 0 Å². The molecular formula is C12H13Cl2NO2. The number of rotatable bonds is 2. The quantitative estimate of drug-likeness (QED) is 0.841. The van der Waals surface area contributed by atoms with Crippen LogP contribution in [0.3, 0.4) is 0 Å². The van der Waals surface area contributed by atoms with Crippen molar-refractivity contribution in [2.75, 3.05) is 20.2 Å². The van der Waals surface area contributed by atoms with Gasteiger partial charge in [-0.15, -0.1) is 0 Å². The van der Waals surface area contributed by atoms with E-state index >= 15 is 0 Å². The molecule has 92 valence electrons. The van der Waals surface area contributed by atoms with Gasteiger partial charge in [-0.25, -0.2) is 0 Å². The zero-order chi connectivity index (χ0) is 12.5. The van der Waals surface area contributed by atoms with E-state index in [-0.39, 0.29) is 5.97 Å². The average molecular weight is 274 g/mol. The minimum atomic E-state index is -0.636. The van der Waals surface area contributed by atoms with Crippen molar-refractivity contribution in [3.63, 3.8) is 0 Å². The van der Waals surface area contributed by atoms with E-state index in [2.05, 4.69) is 5.32 Å². The van der Waals surface area contributed by atoms with Crippen LogP contribution in [-0.4, -0.2) is 26.2 Å². The predicted octanol–water partition coefficient (Wildman–Crippen LogP) is 2.40. The van der Waals surface area contributed by atoms with Gasteiger partial charge in [0.05, 0.1) is 17.2 Å². The summed E-state index contributed by atoms with van der Waals surface area (Å²) in [5.74, 6) is -0.235. The van der Waals surface area contributed by atoms with Crippen LogP contribution in [0.1, 0.15) is 12.0 Å². The summed E-state index contributed by atoms with van der Waals surface area (Å²) in [6, 6.07) is 5.29. The number of carbonyl (C=O) groups is 1. The van der Waals surface area contributed by atoms with Gasteiger partial charge in [0, 0.05) is 6.54 Å². The third kappa shape index (κ3) is 2.15. The zero-order valence-corrected chi connectivity index (χ0v) is 10.9. The Balaban J connectivity index is 2.46. The van der Waals surface area contributed by atoms with E-state index in [0.717, 1.165) is 12.1 Å². The number of hydrogen-bond donors (Lipinski definition) is 1. The molecule has 0 aliphatic carbocycles. The summed E-state index contributed by atoms with van der Waals surface area (Å²) >= 11 is 11.9.